The Morgan fingerprint density at radius 3 is 2.23 bits per heavy atom. The molecular weight excluding hydrogens is 396 g/mol. The molecular formula is C24H22N2O3S. The van der Waals surface area contributed by atoms with Crippen LogP contribution in [0.5, 0.6) is 0 Å². The van der Waals surface area contributed by atoms with E-state index in [4.69, 9.17) is 0 Å². The number of nitrogens with one attached hydrogen (secondary N) is 2. The lowest BCUT2D eigenvalue weighted by Gasteiger charge is -2.19. The van der Waals surface area contributed by atoms with Crippen molar-refractivity contribution in [1.82, 2.24) is 10.3 Å². The lowest BCUT2D eigenvalue weighted by atomic mass is 10.1. The Morgan fingerprint density at radius 2 is 1.50 bits per heavy atom. The zero-order valence-electron chi connectivity index (χ0n) is 16.3. The van der Waals surface area contributed by atoms with Crippen LogP contribution >= 0.6 is 0 Å². The van der Waals surface area contributed by atoms with Gasteiger partial charge in [0.2, 0.25) is 5.91 Å². The van der Waals surface area contributed by atoms with Gasteiger partial charge in [0.1, 0.15) is 5.25 Å². The highest BCUT2D eigenvalue weighted by Gasteiger charge is 2.29. The van der Waals surface area contributed by atoms with Gasteiger partial charge in [0.15, 0.2) is 9.84 Å². The van der Waals surface area contributed by atoms with E-state index in [0.29, 0.717) is 5.56 Å². The number of H-pyrrole nitrogens is 1. The highest BCUT2D eigenvalue weighted by Crippen LogP contribution is 2.28. The van der Waals surface area contributed by atoms with Gasteiger partial charge in [-0.25, -0.2) is 8.42 Å². The van der Waals surface area contributed by atoms with Crippen LogP contribution in [0.2, 0.25) is 0 Å². The van der Waals surface area contributed by atoms with Crippen molar-refractivity contribution in [2.45, 2.75) is 16.6 Å². The minimum Gasteiger partial charge on any atom is -0.361 e. The van der Waals surface area contributed by atoms with Crippen molar-refractivity contribution in [3.05, 3.63) is 102 Å². The molecule has 0 aliphatic carbocycles. The first-order valence-electron chi connectivity index (χ1n) is 9.71. The predicted molar refractivity (Wildman–Crippen MR) is 118 cm³/mol. The summed E-state index contributed by atoms with van der Waals surface area (Å²) >= 11 is 0. The third kappa shape index (κ3) is 4.14. The van der Waals surface area contributed by atoms with Crippen LogP contribution in [0.1, 0.15) is 16.4 Å². The number of benzene rings is 3. The van der Waals surface area contributed by atoms with Crippen molar-refractivity contribution in [1.29, 1.82) is 0 Å². The van der Waals surface area contributed by atoms with Gasteiger partial charge in [-0.3, -0.25) is 4.79 Å². The van der Waals surface area contributed by atoms with Crippen LogP contribution in [-0.4, -0.2) is 25.9 Å². The Balaban J connectivity index is 1.54. The third-order valence-electron chi connectivity index (χ3n) is 5.13. The van der Waals surface area contributed by atoms with Crippen LogP contribution in [0.3, 0.4) is 0 Å². The van der Waals surface area contributed by atoms with Gasteiger partial charge in [-0.1, -0.05) is 66.7 Å². The number of para-hydroxylation sites is 1. The summed E-state index contributed by atoms with van der Waals surface area (Å²) in [5.41, 5.74) is 2.49. The van der Waals surface area contributed by atoms with Gasteiger partial charge in [-0.05, 0) is 29.3 Å². The summed E-state index contributed by atoms with van der Waals surface area (Å²) in [7, 11) is -3.67. The van der Waals surface area contributed by atoms with Gasteiger partial charge in [0.05, 0.1) is 11.3 Å². The van der Waals surface area contributed by atoms with Crippen molar-refractivity contribution in [2.24, 2.45) is 0 Å². The van der Waals surface area contributed by atoms with Crippen LogP contribution in [0.25, 0.3) is 10.9 Å². The summed E-state index contributed by atoms with van der Waals surface area (Å²) in [6.45, 7) is 0.00241. The normalized spacial score (nSPS) is 12.5. The van der Waals surface area contributed by atoms with Gasteiger partial charge in [-0.2, -0.15) is 0 Å². The number of hydrogen-bond acceptors (Lipinski definition) is 3. The van der Waals surface area contributed by atoms with Gasteiger partial charge < -0.3 is 10.3 Å². The maximum Gasteiger partial charge on any atom is 0.224 e. The Labute approximate surface area is 175 Å². The molecule has 0 fully saturated rings. The number of carbonyl (C=O) groups excluding carboxylic acids is 1. The topological polar surface area (TPSA) is 79.0 Å². The quantitative estimate of drug-likeness (QED) is 0.475. The number of carbonyl (C=O) groups is 1. The van der Waals surface area contributed by atoms with E-state index >= 15 is 0 Å². The molecule has 0 saturated carbocycles. The molecule has 6 heteroatoms. The van der Waals surface area contributed by atoms with E-state index in [2.05, 4.69) is 10.3 Å². The van der Waals surface area contributed by atoms with E-state index in [-0.39, 0.29) is 23.8 Å². The standard InChI is InChI=1S/C24H22N2O3S/c27-24(15-19-16-25-22-14-8-7-13-21(19)22)26-17-23(18-9-3-1-4-10-18)30(28,29)20-11-5-2-6-12-20/h1-14,16,23,25H,15,17H2,(H,26,27)/t23-/m0/s1. The molecule has 3 aromatic carbocycles. The van der Waals surface area contributed by atoms with Crippen LogP contribution in [-0.2, 0) is 21.1 Å². The summed E-state index contributed by atoms with van der Waals surface area (Å²) in [5.74, 6) is -0.219. The molecule has 152 valence electrons. The van der Waals surface area contributed by atoms with E-state index in [1.807, 2.05) is 36.5 Å². The minimum absolute atomic E-state index is 0.00241. The maximum atomic E-state index is 13.3. The Morgan fingerprint density at radius 1 is 0.867 bits per heavy atom. The second-order valence-corrected chi connectivity index (χ2v) is 9.23. The summed E-state index contributed by atoms with van der Waals surface area (Å²) < 4.78 is 26.6. The molecule has 1 aromatic heterocycles. The monoisotopic (exact) mass is 418 g/mol. The molecule has 2 N–H and O–H groups in total. The summed E-state index contributed by atoms with van der Waals surface area (Å²) in [6.07, 6.45) is 2.00. The summed E-state index contributed by atoms with van der Waals surface area (Å²) in [4.78, 5) is 16.0. The zero-order chi connectivity index (χ0) is 21.0. The van der Waals surface area contributed by atoms with Crippen molar-refractivity contribution in [3.63, 3.8) is 0 Å². The molecule has 0 aliphatic heterocycles. The maximum absolute atomic E-state index is 13.3. The molecule has 1 amide bonds. The van der Waals surface area contributed by atoms with Gasteiger partial charge in [-0.15, -0.1) is 0 Å². The first-order valence-corrected chi connectivity index (χ1v) is 11.3. The number of aromatic nitrogens is 1. The van der Waals surface area contributed by atoms with Crippen molar-refractivity contribution in [2.75, 3.05) is 6.54 Å². The average molecular weight is 419 g/mol. The highest BCUT2D eigenvalue weighted by atomic mass is 32.2. The lowest BCUT2D eigenvalue weighted by Crippen LogP contribution is -2.32. The highest BCUT2D eigenvalue weighted by molar-refractivity contribution is 7.91. The number of hydrogen-bond donors (Lipinski definition) is 2. The van der Waals surface area contributed by atoms with E-state index in [1.165, 1.54) is 0 Å². The number of sulfone groups is 1. The predicted octanol–water partition coefficient (Wildman–Crippen LogP) is 4.04. The molecule has 0 bridgehead atoms. The zero-order valence-corrected chi connectivity index (χ0v) is 17.1. The molecule has 0 saturated heterocycles. The number of amides is 1. The van der Waals surface area contributed by atoms with Crippen molar-refractivity contribution >= 4 is 26.6 Å². The van der Waals surface area contributed by atoms with Crippen LogP contribution in [0.15, 0.2) is 96.0 Å². The molecule has 1 atom stereocenters. The number of aromatic amines is 1. The SMILES string of the molecule is O=C(Cc1c[nH]c2ccccc12)NC[C@@H](c1ccccc1)S(=O)(=O)c1ccccc1. The Bertz CT molecular complexity index is 1250. The Kier molecular flexibility index (Phi) is 5.68. The molecule has 4 aromatic rings. The fourth-order valence-corrected chi connectivity index (χ4v) is 5.25. The molecule has 30 heavy (non-hydrogen) atoms. The lowest BCUT2D eigenvalue weighted by molar-refractivity contribution is -0.120. The average Bonchev–Trinajstić information content (AvgIpc) is 3.18. The second-order valence-electron chi connectivity index (χ2n) is 7.10. The first-order chi connectivity index (χ1) is 14.6. The van der Waals surface area contributed by atoms with E-state index in [0.717, 1.165) is 16.5 Å². The number of fused-ring (bicyclic) bond motifs is 1. The van der Waals surface area contributed by atoms with Gasteiger partial charge >= 0.3 is 0 Å². The molecule has 0 spiro atoms. The minimum atomic E-state index is -3.67. The fraction of sp³-hybridized carbons (Fsp3) is 0.125. The van der Waals surface area contributed by atoms with Gasteiger partial charge in [0, 0.05) is 23.6 Å². The first kappa shape index (κ1) is 19.9. The van der Waals surface area contributed by atoms with E-state index in [1.54, 1.807) is 54.6 Å². The van der Waals surface area contributed by atoms with Crippen LogP contribution in [0, 0.1) is 0 Å². The molecule has 5 nitrogen and oxygen atoms in total. The largest absolute Gasteiger partial charge is 0.361 e. The molecule has 4 rings (SSSR count). The third-order valence-corrected chi connectivity index (χ3v) is 7.25. The van der Waals surface area contributed by atoms with Crippen molar-refractivity contribution in [3.8, 4) is 0 Å². The molecule has 1 heterocycles. The summed E-state index contributed by atoms with van der Waals surface area (Å²) in [5, 5.41) is 2.95. The Hall–Kier alpha value is -3.38. The molecule has 0 aliphatic rings. The van der Waals surface area contributed by atoms with Crippen molar-refractivity contribution < 1.29 is 13.2 Å². The van der Waals surface area contributed by atoms with E-state index < -0.39 is 15.1 Å². The number of rotatable bonds is 7. The van der Waals surface area contributed by atoms with E-state index in [9.17, 15) is 13.2 Å². The smallest absolute Gasteiger partial charge is 0.224 e. The molecule has 0 unspecified atom stereocenters. The van der Waals surface area contributed by atoms with Crippen LogP contribution < -0.4 is 5.32 Å². The molecule has 0 radical (unpaired) electrons. The second kappa shape index (κ2) is 8.55. The van der Waals surface area contributed by atoms with Crippen LogP contribution in [0.4, 0.5) is 0 Å². The summed E-state index contributed by atoms with van der Waals surface area (Å²) in [6, 6.07) is 25.1. The fourth-order valence-electron chi connectivity index (χ4n) is 3.57. The van der Waals surface area contributed by atoms with Gasteiger partial charge in [0.25, 0.3) is 0 Å².